The molecule has 3 heterocycles. The molecule has 2 aromatic heterocycles. The van der Waals surface area contributed by atoms with E-state index in [1.807, 2.05) is 0 Å². The minimum absolute atomic E-state index is 0.109. The zero-order valence-corrected chi connectivity index (χ0v) is 15.4. The summed E-state index contributed by atoms with van der Waals surface area (Å²) in [5.74, 6) is 0.874. The van der Waals surface area contributed by atoms with Crippen molar-refractivity contribution in [2.45, 2.75) is 50.3 Å². The van der Waals surface area contributed by atoms with Gasteiger partial charge in [-0.3, -0.25) is 0 Å². The summed E-state index contributed by atoms with van der Waals surface area (Å²) in [7, 11) is -3.04. The average molecular weight is 367 g/mol. The predicted molar refractivity (Wildman–Crippen MR) is 97.0 cm³/mol. The van der Waals surface area contributed by atoms with Gasteiger partial charge in [0.1, 0.15) is 17.0 Å². The first-order valence-corrected chi connectivity index (χ1v) is 10.9. The van der Waals surface area contributed by atoms with Crippen LogP contribution >= 0.6 is 11.3 Å². The van der Waals surface area contributed by atoms with E-state index in [1.165, 1.54) is 4.88 Å². The van der Waals surface area contributed by atoms with E-state index >= 15 is 0 Å². The van der Waals surface area contributed by atoms with Crippen molar-refractivity contribution in [3.05, 3.63) is 17.3 Å². The molecule has 1 aliphatic heterocycles. The summed E-state index contributed by atoms with van der Waals surface area (Å²) < 4.78 is 26.3. The zero-order valence-electron chi connectivity index (χ0n) is 13.7. The summed E-state index contributed by atoms with van der Waals surface area (Å²) in [6, 6.07) is 2.42. The molecule has 2 aliphatic rings. The number of fused-ring (bicyclic) bond motifs is 1. The molecule has 0 aromatic carbocycles. The van der Waals surface area contributed by atoms with E-state index < -0.39 is 10.0 Å². The SMILES string of the molecule is CCc1cc2c(NC3CCN(S(=O)(=O)C4CC4)CC3)ncnc2s1. The minimum Gasteiger partial charge on any atom is -0.367 e. The van der Waals surface area contributed by atoms with Crippen LogP contribution in [0.2, 0.25) is 0 Å². The van der Waals surface area contributed by atoms with Crippen LogP contribution in [0.4, 0.5) is 5.82 Å². The molecule has 2 aromatic rings. The van der Waals surface area contributed by atoms with Gasteiger partial charge in [-0.15, -0.1) is 11.3 Å². The number of anilines is 1. The van der Waals surface area contributed by atoms with Gasteiger partial charge >= 0.3 is 0 Å². The van der Waals surface area contributed by atoms with E-state index in [0.29, 0.717) is 13.1 Å². The highest BCUT2D eigenvalue weighted by Gasteiger charge is 2.41. The van der Waals surface area contributed by atoms with Gasteiger partial charge in [0.25, 0.3) is 0 Å². The van der Waals surface area contributed by atoms with Gasteiger partial charge in [0.05, 0.1) is 10.6 Å². The van der Waals surface area contributed by atoms with Crippen LogP contribution in [0.25, 0.3) is 10.2 Å². The van der Waals surface area contributed by atoms with Gasteiger partial charge in [-0.1, -0.05) is 6.92 Å². The van der Waals surface area contributed by atoms with E-state index in [4.69, 9.17) is 0 Å². The Bertz CT molecular complexity index is 837. The van der Waals surface area contributed by atoms with Gasteiger partial charge in [0, 0.05) is 24.0 Å². The van der Waals surface area contributed by atoms with E-state index in [-0.39, 0.29) is 11.3 Å². The van der Waals surface area contributed by atoms with Crippen molar-refractivity contribution >= 4 is 37.4 Å². The van der Waals surface area contributed by atoms with Crippen molar-refractivity contribution in [3.8, 4) is 0 Å². The van der Waals surface area contributed by atoms with E-state index in [0.717, 1.165) is 48.1 Å². The molecule has 1 aliphatic carbocycles. The summed E-state index contributed by atoms with van der Waals surface area (Å²) >= 11 is 1.71. The van der Waals surface area contributed by atoms with Gasteiger partial charge < -0.3 is 5.32 Å². The van der Waals surface area contributed by atoms with Gasteiger partial charge in [-0.05, 0) is 38.2 Å². The minimum atomic E-state index is -3.04. The van der Waals surface area contributed by atoms with Crippen molar-refractivity contribution < 1.29 is 8.42 Å². The number of aromatic nitrogens is 2. The van der Waals surface area contributed by atoms with Gasteiger partial charge in [-0.2, -0.15) is 0 Å². The molecule has 0 radical (unpaired) electrons. The third kappa shape index (κ3) is 3.02. The molecule has 2 fully saturated rings. The first-order chi connectivity index (χ1) is 11.6. The molecule has 0 atom stereocenters. The number of nitrogens with one attached hydrogen (secondary N) is 1. The monoisotopic (exact) mass is 366 g/mol. The fraction of sp³-hybridized carbons (Fsp3) is 0.625. The highest BCUT2D eigenvalue weighted by Crippen LogP contribution is 2.33. The first kappa shape index (κ1) is 16.2. The molecule has 0 spiro atoms. The second-order valence-electron chi connectivity index (χ2n) is 6.57. The third-order valence-corrected chi connectivity index (χ3v) is 8.42. The number of hydrogen-bond donors (Lipinski definition) is 1. The van der Waals surface area contributed by atoms with Crippen molar-refractivity contribution in [1.82, 2.24) is 14.3 Å². The highest BCUT2D eigenvalue weighted by atomic mass is 32.2. The quantitative estimate of drug-likeness (QED) is 0.880. The Morgan fingerprint density at radius 2 is 2.00 bits per heavy atom. The lowest BCUT2D eigenvalue weighted by atomic mass is 10.1. The fourth-order valence-corrected chi connectivity index (χ4v) is 6.03. The molecule has 130 valence electrons. The fourth-order valence-electron chi connectivity index (χ4n) is 3.22. The third-order valence-electron chi connectivity index (χ3n) is 4.83. The largest absolute Gasteiger partial charge is 0.367 e. The lowest BCUT2D eigenvalue weighted by Crippen LogP contribution is -2.43. The lowest BCUT2D eigenvalue weighted by Gasteiger charge is -2.32. The topological polar surface area (TPSA) is 75.2 Å². The van der Waals surface area contributed by atoms with Gasteiger partial charge in [-0.25, -0.2) is 22.7 Å². The van der Waals surface area contributed by atoms with E-state index in [2.05, 4.69) is 28.3 Å². The Balaban J connectivity index is 1.45. The maximum Gasteiger partial charge on any atom is 0.216 e. The van der Waals surface area contributed by atoms with Crippen LogP contribution < -0.4 is 5.32 Å². The standard InChI is InChI=1S/C16H22N4O2S2/c1-2-12-9-14-15(17-10-18-16(14)23-12)19-11-5-7-20(8-6-11)24(21,22)13-3-4-13/h9-11,13H,2-8H2,1H3,(H,17,18,19). The van der Waals surface area contributed by atoms with Crippen molar-refractivity contribution in [2.24, 2.45) is 0 Å². The van der Waals surface area contributed by atoms with Crippen LogP contribution in [0.3, 0.4) is 0 Å². The summed E-state index contributed by atoms with van der Waals surface area (Å²) in [4.78, 5) is 11.1. The first-order valence-electron chi connectivity index (χ1n) is 8.57. The van der Waals surface area contributed by atoms with Crippen LogP contribution in [0.1, 0.15) is 37.5 Å². The molecule has 0 unspecified atom stereocenters. The molecule has 6 nitrogen and oxygen atoms in total. The smallest absolute Gasteiger partial charge is 0.216 e. The van der Waals surface area contributed by atoms with Crippen LogP contribution in [0.15, 0.2) is 12.4 Å². The number of aryl methyl sites for hydroxylation is 1. The van der Waals surface area contributed by atoms with Crippen LogP contribution in [0.5, 0.6) is 0 Å². The highest BCUT2D eigenvalue weighted by molar-refractivity contribution is 7.90. The van der Waals surface area contributed by atoms with Crippen molar-refractivity contribution in [2.75, 3.05) is 18.4 Å². The molecular formula is C16H22N4O2S2. The molecule has 8 heteroatoms. The molecular weight excluding hydrogens is 344 g/mol. The molecule has 0 bridgehead atoms. The summed E-state index contributed by atoms with van der Waals surface area (Å²) in [6.45, 7) is 3.35. The maximum atomic E-state index is 12.3. The Morgan fingerprint density at radius 1 is 1.25 bits per heavy atom. The van der Waals surface area contributed by atoms with E-state index in [1.54, 1.807) is 22.0 Å². The number of piperidine rings is 1. The number of hydrogen-bond acceptors (Lipinski definition) is 6. The number of thiophene rings is 1. The van der Waals surface area contributed by atoms with Crippen LogP contribution in [0, 0.1) is 0 Å². The van der Waals surface area contributed by atoms with Crippen LogP contribution in [-0.2, 0) is 16.4 Å². The number of nitrogens with zero attached hydrogens (tertiary/aromatic N) is 3. The van der Waals surface area contributed by atoms with Crippen molar-refractivity contribution in [1.29, 1.82) is 0 Å². The second-order valence-corrected chi connectivity index (χ2v) is 9.90. The summed E-state index contributed by atoms with van der Waals surface area (Å²) in [5, 5.41) is 4.48. The molecule has 24 heavy (non-hydrogen) atoms. The maximum absolute atomic E-state index is 12.3. The molecule has 1 saturated heterocycles. The average Bonchev–Trinajstić information content (AvgIpc) is 3.36. The van der Waals surface area contributed by atoms with E-state index in [9.17, 15) is 8.42 Å². The Labute approximate surface area is 146 Å². The molecule has 4 rings (SSSR count). The number of rotatable bonds is 5. The predicted octanol–water partition coefficient (Wildman–Crippen LogP) is 2.62. The Hall–Kier alpha value is -1.25. The summed E-state index contributed by atoms with van der Waals surface area (Å²) in [6.07, 6.45) is 5.91. The normalized spacial score (nSPS) is 20.5. The lowest BCUT2D eigenvalue weighted by molar-refractivity contribution is 0.329. The second kappa shape index (κ2) is 6.24. The number of sulfonamides is 1. The van der Waals surface area contributed by atoms with Crippen molar-refractivity contribution in [3.63, 3.8) is 0 Å². The molecule has 0 amide bonds. The molecule has 1 saturated carbocycles. The van der Waals surface area contributed by atoms with Crippen LogP contribution in [-0.4, -0.2) is 47.1 Å². The molecule has 1 N–H and O–H groups in total. The Morgan fingerprint density at radius 3 is 2.67 bits per heavy atom. The van der Waals surface area contributed by atoms with Gasteiger partial charge in [0.15, 0.2) is 0 Å². The summed E-state index contributed by atoms with van der Waals surface area (Å²) in [5.41, 5.74) is 0. The zero-order chi connectivity index (χ0) is 16.7. The Kier molecular flexibility index (Phi) is 4.22. The van der Waals surface area contributed by atoms with Gasteiger partial charge in [0.2, 0.25) is 10.0 Å².